The minimum Gasteiger partial charge on any atom is -0.292 e. The zero-order chi connectivity index (χ0) is 32.2. The minimum atomic E-state index is -0.0401. The van der Waals surface area contributed by atoms with Gasteiger partial charge in [0.1, 0.15) is 0 Å². The summed E-state index contributed by atoms with van der Waals surface area (Å²) in [6.45, 7) is 17.4. The van der Waals surface area contributed by atoms with Crippen molar-refractivity contribution < 1.29 is 0 Å². The Morgan fingerprint density at radius 1 is 0.289 bits per heavy atom. The highest BCUT2D eigenvalue weighted by atomic mass is 14.8. The Bertz CT molecular complexity index is 1230. The van der Waals surface area contributed by atoms with Crippen LogP contribution >= 0.6 is 0 Å². The fraction of sp³-hybridized carbons (Fsp3) is 0.385. The molecule has 6 heteroatoms. The molecule has 4 aliphatic rings. The third-order valence-electron chi connectivity index (χ3n) is 7.37. The molecule has 0 spiro atoms. The van der Waals surface area contributed by atoms with Gasteiger partial charge in [0.25, 0.3) is 0 Å². The summed E-state index contributed by atoms with van der Waals surface area (Å²) in [5, 5.41) is 0. The SMILES string of the molecule is CC1(C)CN=Cc2ccc(cc2)C=NCC(C)(C)CN=Cc2ccc(cc2)C=NCC(C)(C)CN=Cc2ccc(cc2)C=NC1. The molecule has 0 N–H and O–H groups in total. The van der Waals surface area contributed by atoms with Gasteiger partial charge in [0, 0.05) is 92.8 Å². The third kappa shape index (κ3) is 12.3. The molecule has 0 amide bonds. The topological polar surface area (TPSA) is 74.2 Å². The van der Waals surface area contributed by atoms with Crippen molar-refractivity contribution in [3.05, 3.63) is 106 Å². The van der Waals surface area contributed by atoms with E-state index in [1.165, 1.54) is 0 Å². The molecule has 0 fully saturated rings. The summed E-state index contributed by atoms with van der Waals surface area (Å²) in [5.74, 6) is 0. The van der Waals surface area contributed by atoms with Crippen molar-refractivity contribution in [2.75, 3.05) is 39.3 Å². The summed E-state index contributed by atoms with van der Waals surface area (Å²) >= 11 is 0. The monoisotopic (exact) mass is 600 g/mol. The molecule has 234 valence electrons. The Kier molecular flexibility index (Phi) is 11.6. The molecule has 6 bridgehead atoms. The molecule has 3 aromatic carbocycles. The number of fused-ring (bicyclic) bond motifs is 3. The highest BCUT2D eigenvalue weighted by Crippen LogP contribution is 2.18. The number of rotatable bonds is 0. The fourth-order valence-electron chi connectivity index (χ4n) is 4.54. The van der Waals surface area contributed by atoms with Gasteiger partial charge in [0.2, 0.25) is 0 Å². The predicted octanol–water partition coefficient (Wildman–Crippen LogP) is 7.69. The smallest absolute Gasteiger partial charge is 0.0458 e. The summed E-state index contributed by atoms with van der Waals surface area (Å²) in [4.78, 5) is 28.3. The van der Waals surface area contributed by atoms with E-state index in [0.29, 0.717) is 39.3 Å². The summed E-state index contributed by atoms with van der Waals surface area (Å²) in [6, 6.07) is 25.0. The van der Waals surface area contributed by atoms with Crippen LogP contribution in [0.25, 0.3) is 0 Å². The zero-order valence-corrected chi connectivity index (χ0v) is 27.8. The molecule has 45 heavy (non-hydrogen) atoms. The molecule has 0 radical (unpaired) electrons. The lowest BCUT2D eigenvalue weighted by Crippen LogP contribution is -2.20. The number of nitrogens with zero attached hydrogens (tertiary/aromatic N) is 6. The van der Waals surface area contributed by atoms with Gasteiger partial charge in [0.15, 0.2) is 0 Å². The molecule has 7 rings (SSSR count). The van der Waals surface area contributed by atoms with Crippen molar-refractivity contribution in [2.24, 2.45) is 46.2 Å². The van der Waals surface area contributed by atoms with Gasteiger partial charge in [-0.15, -0.1) is 0 Å². The van der Waals surface area contributed by atoms with E-state index >= 15 is 0 Å². The average Bonchev–Trinajstić information content (AvgIpc) is 2.99. The van der Waals surface area contributed by atoms with Crippen LogP contribution in [0.15, 0.2) is 103 Å². The summed E-state index contributed by atoms with van der Waals surface area (Å²) in [7, 11) is 0. The maximum Gasteiger partial charge on any atom is 0.0458 e. The van der Waals surface area contributed by atoms with Crippen molar-refractivity contribution in [2.45, 2.75) is 41.5 Å². The van der Waals surface area contributed by atoms with Gasteiger partial charge in [0.05, 0.1) is 0 Å². The highest BCUT2D eigenvalue weighted by molar-refractivity contribution is 5.85. The second-order valence-corrected chi connectivity index (χ2v) is 14.3. The van der Waals surface area contributed by atoms with Crippen LogP contribution in [0.4, 0.5) is 0 Å². The van der Waals surface area contributed by atoms with Gasteiger partial charge in [-0.1, -0.05) is 114 Å². The average molecular weight is 601 g/mol. The lowest BCUT2D eigenvalue weighted by molar-refractivity contribution is 0.396. The Balaban J connectivity index is 1.47. The fourth-order valence-corrected chi connectivity index (χ4v) is 4.54. The Morgan fingerprint density at radius 3 is 0.556 bits per heavy atom. The second-order valence-electron chi connectivity index (χ2n) is 14.3. The van der Waals surface area contributed by atoms with E-state index in [-0.39, 0.29) is 16.2 Å². The molecule has 4 aliphatic heterocycles. The van der Waals surface area contributed by atoms with Crippen LogP contribution in [0.1, 0.15) is 74.9 Å². The maximum absolute atomic E-state index is 4.72. The largest absolute Gasteiger partial charge is 0.292 e. The standard InChI is InChI=1S/C39H48N6/c1-37(2)25-40-19-31-7-11-33(12-8-31)21-42-27-38(3,4)29-44-23-35-15-17-36(18-16-35)24-45-30-39(5,6)28-43-22-34-13-9-32(10-14-34)20-41-26-37/h7-24H,25-30H2,1-6H3. The summed E-state index contributed by atoms with van der Waals surface area (Å²) in [6.07, 6.45) is 11.7. The van der Waals surface area contributed by atoms with Crippen molar-refractivity contribution in [1.82, 2.24) is 0 Å². The Hall–Kier alpha value is -4.32. The van der Waals surface area contributed by atoms with Gasteiger partial charge in [-0.25, -0.2) is 0 Å². The van der Waals surface area contributed by atoms with Crippen molar-refractivity contribution in [3.8, 4) is 0 Å². The highest BCUT2D eigenvalue weighted by Gasteiger charge is 2.17. The second kappa shape index (κ2) is 15.6. The first-order valence-electron chi connectivity index (χ1n) is 15.8. The number of hydrogen-bond acceptors (Lipinski definition) is 6. The first-order chi connectivity index (χ1) is 21.5. The minimum absolute atomic E-state index is 0.0401. The van der Waals surface area contributed by atoms with Crippen LogP contribution in [-0.4, -0.2) is 76.6 Å². The first-order valence-corrected chi connectivity index (χ1v) is 15.8. The lowest BCUT2D eigenvalue weighted by atomic mass is 9.94. The van der Waals surface area contributed by atoms with E-state index in [2.05, 4.69) is 114 Å². The molecular weight excluding hydrogens is 552 g/mol. The van der Waals surface area contributed by atoms with Crippen LogP contribution in [0.2, 0.25) is 0 Å². The van der Waals surface area contributed by atoms with Crippen LogP contribution in [-0.2, 0) is 0 Å². The van der Waals surface area contributed by atoms with Crippen LogP contribution in [0.3, 0.4) is 0 Å². The molecule has 0 aliphatic carbocycles. The third-order valence-corrected chi connectivity index (χ3v) is 7.37. The molecule has 4 heterocycles. The van der Waals surface area contributed by atoms with E-state index in [1.54, 1.807) is 0 Å². The molecule has 0 unspecified atom stereocenters. The molecule has 0 atom stereocenters. The summed E-state index contributed by atoms with van der Waals surface area (Å²) in [5.41, 5.74) is 6.35. The van der Waals surface area contributed by atoms with Gasteiger partial charge in [-0.2, -0.15) is 0 Å². The molecule has 3 aromatic rings. The lowest BCUT2D eigenvalue weighted by Gasteiger charge is -2.19. The predicted molar refractivity (Wildman–Crippen MR) is 195 cm³/mol. The molecule has 6 nitrogen and oxygen atoms in total. The Morgan fingerprint density at radius 2 is 0.422 bits per heavy atom. The number of benzene rings is 3. The van der Waals surface area contributed by atoms with Crippen molar-refractivity contribution in [1.29, 1.82) is 0 Å². The quantitative estimate of drug-likeness (QED) is 0.254. The number of aliphatic imine (C=N–C) groups is 6. The van der Waals surface area contributed by atoms with Gasteiger partial charge in [-0.3, -0.25) is 30.0 Å². The van der Waals surface area contributed by atoms with Crippen molar-refractivity contribution >= 4 is 37.3 Å². The van der Waals surface area contributed by atoms with Crippen molar-refractivity contribution in [3.63, 3.8) is 0 Å². The van der Waals surface area contributed by atoms with E-state index in [9.17, 15) is 0 Å². The molecule has 0 aromatic heterocycles. The van der Waals surface area contributed by atoms with E-state index < -0.39 is 0 Å². The van der Waals surface area contributed by atoms with E-state index in [1.807, 2.05) is 37.3 Å². The van der Waals surface area contributed by atoms with Gasteiger partial charge < -0.3 is 0 Å². The normalized spacial score (nSPS) is 18.8. The zero-order valence-electron chi connectivity index (χ0n) is 27.8. The molecule has 0 saturated carbocycles. The maximum atomic E-state index is 4.72. The van der Waals surface area contributed by atoms with Crippen LogP contribution in [0.5, 0.6) is 0 Å². The van der Waals surface area contributed by atoms with E-state index in [4.69, 9.17) is 30.0 Å². The van der Waals surface area contributed by atoms with Crippen LogP contribution < -0.4 is 0 Å². The van der Waals surface area contributed by atoms with Gasteiger partial charge >= 0.3 is 0 Å². The van der Waals surface area contributed by atoms with Gasteiger partial charge in [-0.05, 0) is 33.4 Å². The molecular formula is C39H48N6. The van der Waals surface area contributed by atoms with E-state index in [0.717, 1.165) is 33.4 Å². The summed E-state index contributed by atoms with van der Waals surface area (Å²) < 4.78 is 0. The molecule has 0 saturated heterocycles. The Labute approximate surface area is 270 Å². The first kappa shape index (κ1) is 33.6. The van der Waals surface area contributed by atoms with Crippen LogP contribution in [0, 0.1) is 16.2 Å². The number of hydrogen-bond donors (Lipinski definition) is 0.